The van der Waals surface area contributed by atoms with Crippen molar-refractivity contribution in [1.82, 2.24) is 15.5 Å². The molecule has 0 saturated carbocycles. The van der Waals surface area contributed by atoms with Gasteiger partial charge < -0.3 is 20.3 Å². The minimum Gasteiger partial charge on any atom is -0.489 e. The number of benzene rings is 1. The zero-order valence-electron chi connectivity index (χ0n) is 15.5. The van der Waals surface area contributed by atoms with Gasteiger partial charge in [0.1, 0.15) is 18.4 Å². The Morgan fingerprint density at radius 1 is 1.24 bits per heavy atom. The lowest BCUT2D eigenvalue weighted by molar-refractivity contribution is -0.128. The summed E-state index contributed by atoms with van der Waals surface area (Å²) < 4.78 is 5.88. The van der Waals surface area contributed by atoms with Gasteiger partial charge in [-0.05, 0) is 45.7 Å². The number of nitrogens with one attached hydrogen (secondary N) is 2. The van der Waals surface area contributed by atoms with Crippen molar-refractivity contribution in [2.75, 3.05) is 32.7 Å². The third-order valence-corrected chi connectivity index (χ3v) is 4.09. The number of likely N-dealkylation sites (tertiary alicyclic amines) is 1. The van der Waals surface area contributed by atoms with Gasteiger partial charge in [-0.2, -0.15) is 0 Å². The molecule has 1 saturated heterocycles. The van der Waals surface area contributed by atoms with Crippen LogP contribution in [-0.2, 0) is 4.79 Å². The first kappa shape index (κ1) is 19.1. The summed E-state index contributed by atoms with van der Waals surface area (Å²) in [7, 11) is 0. The summed E-state index contributed by atoms with van der Waals surface area (Å²) in [6, 6.07) is 8.01. The summed E-state index contributed by atoms with van der Waals surface area (Å²) in [5, 5.41) is 6.41. The van der Waals surface area contributed by atoms with Gasteiger partial charge in [0.2, 0.25) is 5.91 Å². The molecule has 1 amide bonds. The van der Waals surface area contributed by atoms with Crippen LogP contribution in [0.2, 0.25) is 0 Å². The van der Waals surface area contributed by atoms with Crippen LogP contribution >= 0.6 is 0 Å². The molecule has 2 rings (SSSR count). The van der Waals surface area contributed by atoms with Crippen LogP contribution in [0, 0.1) is 6.92 Å². The van der Waals surface area contributed by atoms with E-state index in [1.807, 2.05) is 43.0 Å². The van der Waals surface area contributed by atoms with Crippen molar-refractivity contribution in [3.05, 3.63) is 29.8 Å². The van der Waals surface area contributed by atoms with E-state index in [1.54, 1.807) is 0 Å². The van der Waals surface area contributed by atoms with Gasteiger partial charge in [-0.15, -0.1) is 0 Å². The number of aliphatic imine (C=N–C) groups is 1. The molecule has 1 unspecified atom stereocenters. The molecule has 1 atom stereocenters. The van der Waals surface area contributed by atoms with E-state index in [2.05, 4.69) is 22.5 Å². The Morgan fingerprint density at radius 2 is 1.92 bits per heavy atom. The molecule has 1 fully saturated rings. The Morgan fingerprint density at radius 3 is 2.56 bits per heavy atom. The largest absolute Gasteiger partial charge is 0.489 e. The van der Waals surface area contributed by atoms with Crippen LogP contribution in [0.5, 0.6) is 5.75 Å². The van der Waals surface area contributed by atoms with Crippen LogP contribution in [0.1, 0.15) is 32.3 Å². The fraction of sp³-hybridized carbons (Fsp3) is 0.579. The molecule has 1 aliphatic heterocycles. The minimum atomic E-state index is -0.0131. The lowest BCUT2D eigenvalue weighted by Gasteiger charge is -2.18. The van der Waals surface area contributed by atoms with Crippen molar-refractivity contribution in [3.63, 3.8) is 0 Å². The standard InChI is InChI=1S/C19H30N4O2/c1-4-20-19(22-14-18(24)23-11-5-6-12-23)21-13-16(3)25-17-9-7-15(2)8-10-17/h7-10,16H,4-6,11-14H2,1-3H3,(H2,20,21,22). The number of carbonyl (C=O) groups excluding carboxylic acids is 1. The summed E-state index contributed by atoms with van der Waals surface area (Å²) in [6.07, 6.45) is 2.18. The molecule has 6 heteroatoms. The van der Waals surface area contributed by atoms with Gasteiger partial charge in [-0.1, -0.05) is 17.7 Å². The van der Waals surface area contributed by atoms with Crippen molar-refractivity contribution < 1.29 is 9.53 Å². The number of carbonyl (C=O) groups is 1. The number of hydrogen-bond acceptors (Lipinski definition) is 3. The van der Waals surface area contributed by atoms with Gasteiger partial charge in [0.25, 0.3) is 0 Å². The summed E-state index contributed by atoms with van der Waals surface area (Å²) in [5.74, 6) is 1.60. The van der Waals surface area contributed by atoms with E-state index in [0.29, 0.717) is 12.5 Å². The maximum atomic E-state index is 12.1. The second-order valence-corrected chi connectivity index (χ2v) is 6.41. The first-order valence-electron chi connectivity index (χ1n) is 9.11. The predicted octanol–water partition coefficient (Wildman–Crippen LogP) is 1.94. The Kier molecular flexibility index (Phi) is 7.57. The van der Waals surface area contributed by atoms with E-state index >= 15 is 0 Å². The molecule has 0 bridgehead atoms. The lowest BCUT2D eigenvalue weighted by Crippen LogP contribution is -2.42. The van der Waals surface area contributed by atoms with E-state index < -0.39 is 0 Å². The number of ether oxygens (including phenoxy) is 1. The van der Waals surface area contributed by atoms with Gasteiger partial charge >= 0.3 is 0 Å². The Labute approximate surface area is 150 Å². The molecule has 1 aliphatic rings. The monoisotopic (exact) mass is 346 g/mol. The van der Waals surface area contributed by atoms with E-state index in [4.69, 9.17) is 4.74 Å². The Hall–Kier alpha value is -2.24. The molecule has 6 nitrogen and oxygen atoms in total. The molecule has 0 spiro atoms. The number of amides is 1. The van der Waals surface area contributed by atoms with Crippen LogP contribution in [0.4, 0.5) is 0 Å². The molecular weight excluding hydrogens is 316 g/mol. The number of nitrogens with zero attached hydrogens (tertiary/aromatic N) is 2. The first-order valence-corrected chi connectivity index (χ1v) is 9.11. The SMILES string of the molecule is CCNC(=NCC(=O)N1CCCC1)NCC(C)Oc1ccc(C)cc1. The normalized spacial score (nSPS) is 15.8. The van der Waals surface area contributed by atoms with Crippen molar-refractivity contribution in [2.24, 2.45) is 4.99 Å². The number of rotatable bonds is 7. The van der Waals surface area contributed by atoms with Crippen LogP contribution in [0.25, 0.3) is 0 Å². The third kappa shape index (κ3) is 6.64. The zero-order chi connectivity index (χ0) is 18.1. The average Bonchev–Trinajstić information content (AvgIpc) is 3.14. The maximum absolute atomic E-state index is 12.1. The number of aryl methyl sites for hydroxylation is 1. The van der Waals surface area contributed by atoms with Crippen molar-refractivity contribution in [3.8, 4) is 5.75 Å². The fourth-order valence-corrected chi connectivity index (χ4v) is 2.69. The molecule has 1 heterocycles. The zero-order valence-corrected chi connectivity index (χ0v) is 15.5. The highest BCUT2D eigenvalue weighted by atomic mass is 16.5. The second kappa shape index (κ2) is 9.91. The van der Waals surface area contributed by atoms with Gasteiger partial charge in [0.15, 0.2) is 5.96 Å². The first-order chi connectivity index (χ1) is 12.1. The molecule has 1 aromatic rings. The van der Waals surface area contributed by atoms with Crippen LogP contribution in [0.3, 0.4) is 0 Å². The Balaban J connectivity index is 1.79. The molecule has 25 heavy (non-hydrogen) atoms. The molecule has 138 valence electrons. The van der Waals surface area contributed by atoms with E-state index in [1.165, 1.54) is 5.56 Å². The fourth-order valence-electron chi connectivity index (χ4n) is 2.69. The number of hydrogen-bond donors (Lipinski definition) is 2. The van der Waals surface area contributed by atoms with Crippen molar-refractivity contribution in [1.29, 1.82) is 0 Å². The topological polar surface area (TPSA) is 66.0 Å². The maximum Gasteiger partial charge on any atom is 0.244 e. The molecular formula is C19H30N4O2. The van der Waals surface area contributed by atoms with Gasteiger partial charge in [0.05, 0.1) is 6.54 Å². The highest BCUT2D eigenvalue weighted by Gasteiger charge is 2.17. The van der Waals surface area contributed by atoms with E-state index in [0.717, 1.165) is 38.2 Å². The van der Waals surface area contributed by atoms with E-state index in [9.17, 15) is 4.79 Å². The molecule has 0 aromatic heterocycles. The van der Waals surface area contributed by atoms with E-state index in [-0.39, 0.29) is 18.6 Å². The smallest absolute Gasteiger partial charge is 0.244 e. The summed E-state index contributed by atoms with van der Waals surface area (Å²) >= 11 is 0. The van der Waals surface area contributed by atoms with Crippen molar-refractivity contribution in [2.45, 2.75) is 39.7 Å². The third-order valence-electron chi connectivity index (χ3n) is 4.09. The number of guanidine groups is 1. The van der Waals surface area contributed by atoms with Gasteiger partial charge in [-0.25, -0.2) is 4.99 Å². The van der Waals surface area contributed by atoms with Crippen LogP contribution < -0.4 is 15.4 Å². The summed E-state index contributed by atoms with van der Waals surface area (Å²) in [5.41, 5.74) is 1.21. The highest BCUT2D eigenvalue weighted by Crippen LogP contribution is 2.13. The van der Waals surface area contributed by atoms with Gasteiger partial charge in [0, 0.05) is 19.6 Å². The lowest BCUT2D eigenvalue weighted by atomic mass is 10.2. The highest BCUT2D eigenvalue weighted by molar-refractivity contribution is 5.85. The average molecular weight is 346 g/mol. The van der Waals surface area contributed by atoms with Gasteiger partial charge in [-0.3, -0.25) is 4.79 Å². The quantitative estimate of drug-likeness (QED) is 0.585. The second-order valence-electron chi connectivity index (χ2n) is 6.41. The van der Waals surface area contributed by atoms with Crippen LogP contribution in [-0.4, -0.2) is 55.6 Å². The minimum absolute atomic E-state index is 0.0131. The van der Waals surface area contributed by atoms with Crippen LogP contribution in [0.15, 0.2) is 29.3 Å². The predicted molar refractivity (Wildman–Crippen MR) is 101 cm³/mol. The molecule has 2 N–H and O–H groups in total. The van der Waals surface area contributed by atoms with Crippen molar-refractivity contribution >= 4 is 11.9 Å². The molecule has 0 radical (unpaired) electrons. The molecule has 1 aromatic carbocycles. The summed E-state index contributed by atoms with van der Waals surface area (Å²) in [6.45, 7) is 9.32. The molecule has 0 aliphatic carbocycles. The Bertz CT molecular complexity index is 565. The summed E-state index contributed by atoms with van der Waals surface area (Å²) in [4.78, 5) is 18.4.